The summed E-state index contributed by atoms with van der Waals surface area (Å²) in [6, 6.07) is 44.1. The van der Waals surface area contributed by atoms with Crippen LogP contribution in [0.4, 0.5) is 5.69 Å². The number of nitrogens with one attached hydrogen (secondary N) is 2. The third kappa shape index (κ3) is 7.57. The molecule has 4 atom stereocenters. The zero-order valence-corrected chi connectivity index (χ0v) is 40.7. The van der Waals surface area contributed by atoms with E-state index < -0.39 is 10.8 Å². The van der Waals surface area contributed by atoms with Gasteiger partial charge < -0.3 is 24.7 Å². The topological polar surface area (TPSA) is 101 Å². The number of likely N-dealkylation sites (tertiary alicyclic amines) is 2. The first kappa shape index (κ1) is 44.0. The first-order valence-corrected chi connectivity index (χ1v) is 26.2. The fourth-order valence-electron chi connectivity index (χ4n) is 13.6. The quantitative estimate of drug-likeness (QED) is 0.150. The third-order valence-electron chi connectivity index (χ3n) is 17.3. The summed E-state index contributed by atoms with van der Waals surface area (Å²) in [4.78, 5) is 54.4. The molecule has 5 fully saturated rings. The van der Waals surface area contributed by atoms with Crippen LogP contribution in [0, 0.1) is 0 Å². The summed E-state index contributed by atoms with van der Waals surface area (Å²) in [5, 5.41) is 0. The van der Waals surface area contributed by atoms with Crippen molar-refractivity contribution in [2.24, 2.45) is 0 Å². The molecular weight excluding hydrogens is 851 g/mol. The molecule has 3 saturated heterocycles. The average Bonchev–Trinajstić information content (AvgIpc) is 4.24. The summed E-state index contributed by atoms with van der Waals surface area (Å²) in [5.74, 6) is 2.35. The van der Waals surface area contributed by atoms with Crippen molar-refractivity contribution in [1.82, 2.24) is 29.7 Å². The minimum absolute atomic E-state index is 0.0482. The zero-order chi connectivity index (χ0) is 46.9. The van der Waals surface area contributed by atoms with Crippen molar-refractivity contribution in [3.8, 4) is 0 Å². The van der Waals surface area contributed by atoms with Crippen molar-refractivity contribution in [3.05, 3.63) is 161 Å². The fourth-order valence-corrected chi connectivity index (χ4v) is 13.6. The number of H-pyrrole nitrogens is 2. The van der Waals surface area contributed by atoms with E-state index >= 15 is 0 Å². The number of carbonyl (C=O) groups is 2. The lowest BCUT2D eigenvalue weighted by Gasteiger charge is -2.35. The van der Waals surface area contributed by atoms with Crippen molar-refractivity contribution < 1.29 is 9.59 Å². The van der Waals surface area contributed by atoms with Crippen LogP contribution in [-0.2, 0) is 25.8 Å². The van der Waals surface area contributed by atoms with Crippen LogP contribution in [0.5, 0.6) is 0 Å². The number of amides is 2. The lowest BCUT2D eigenvalue weighted by atomic mass is 9.77. The molecule has 0 unspecified atom stereocenters. The predicted octanol–water partition coefficient (Wildman–Crippen LogP) is 13.2. The van der Waals surface area contributed by atoms with Gasteiger partial charge in [0.1, 0.15) is 11.6 Å². The molecule has 0 spiro atoms. The van der Waals surface area contributed by atoms with E-state index in [1.165, 1.54) is 22.4 Å². The molecule has 3 aliphatic heterocycles. The number of aromatic nitrogens is 4. The molecule has 5 aromatic carbocycles. The van der Waals surface area contributed by atoms with Crippen molar-refractivity contribution in [2.75, 3.05) is 18.0 Å². The number of hydrogen-bond acceptors (Lipinski definition) is 5. The molecule has 0 radical (unpaired) electrons. The molecule has 354 valence electrons. The Morgan fingerprint density at radius 3 is 1.38 bits per heavy atom. The molecule has 2 aliphatic carbocycles. The standard InChI is InChI=1S/C60H67N7O2/c1-58(2,3)42-24-26-45(27-25-42)67-50(40-22-28-46-48(38-40)63-54(61-46)52-20-14-36-65(52)56(68)59(32-10-11-33-59)43-16-6-4-7-17-43)30-31-51(67)41-23-29-47-49(39-41)64-55(62-47)53-21-15-37-66(53)57(69)60(34-12-13-35-60)44-18-8-5-9-19-44/h4-9,16-19,22-29,38-39,50-53H,10-15,20-21,30-37H2,1-3H3,(H,61,63)(H,62,64)/t50-,51-,52+,53+/m1/s1. The van der Waals surface area contributed by atoms with Crippen LogP contribution in [0.3, 0.4) is 0 Å². The van der Waals surface area contributed by atoms with E-state index in [1.54, 1.807) is 0 Å². The van der Waals surface area contributed by atoms with Crippen molar-refractivity contribution in [1.29, 1.82) is 0 Å². The first-order valence-electron chi connectivity index (χ1n) is 26.2. The average molecular weight is 918 g/mol. The van der Waals surface area contributed by atoms with Crippen molar-refractivity contribution in [3.63, 3.8) is 0 Å². The van der Waals surface area contributed by atoms with Crippen molar-refractivity contribution >= 4 is 39.6 Å². The first-order chi connectivity index (χ1) is 33.6. The Morgan fingerprint density at radius 1 is 0.522 bits per heavy atom. The van der Waals surface area contributed by atoms with Gasteiger partial charge in [-0.15, -0.1) is 0 Å². The second-order valence-corrected chi connectivity index (χ2v) is 22.2. The summed E-state index contributed by atoms with van der Waals surface area (Å²) in [6.45, 7) is 8.37. The van der Waals surface area contributed by atoms with Crippen LogP contribution >= 0.6 is 0 Å². The predicted molar refractivity (Wildman–Crippen MR) is 275 cm³/mol. The van der Waals surface area contributed by atoms with Gasteiger partial charge in [-0.2, -0.15) is 0 Å². The Kier molecular flexibility index (Phi) is 11.1. The highest BCUT2D eigenvalue weighted by molar-refractivity contribution is 5.90. The largest absolute Gasteiger partial charge is 0.357 e. The summed E-state index contributed by atoms with van der Waals surface area (Å²) < 4.78 is 0. The minimum atomic E-state index is -0.445. The molecule has 7 aromatic rings. The molecular formula is C60H67N7O2. The molecule has 2 N–H and O–H groups in total. The number of nitrogens with zero attached hydrogens (tertiary/aromatic N) is 5. The second-order valence-electron chi connectivity index (χ2n) is 22.2. The van der Waals surface area contributed by atoms with Gasteiger partial charge in [0, 0.05) is 18.8 Å². The van der Waals surface area contributed by atoms with Gasteiger partial charge in [0.2, 0.25) is 11.8 Å². The van der Waals surface area contributed by atoms with E-state index in [0.717, 1.165) is 148 Å². The third-order valence-corrected chi connectivity index (χ3v) is 17.3. The molecule has 0 bridgehead atoms. The second kappa shape index (κ2) is 17.3. The van der Waals surface area contributed by atoms with Gasteiger partial charge >= 0.3 is 0 Å². The number of anilines is 1. The highest BCUT2D eigenvalue weighted by Gasteiger charge is 2.49. The maximum absolute atomic E-state index is 14.7. The summed E-state index contributed by atoms with van der Waals surface area (Å²) in [5.41, 5.74) is 10.5. The number of hydrogen-bond donors (Lipinski definition) is 2. The lowest BCUT2D eigenvalue weighted by molar-refractivity contribution is -0.139. The lowest BCUT2D eigenvalue weighted by Crippen LogP contribution is -2.45. The highest BCUT2D eigenvalue weighted by Crippen LogP contribution is 2.50. The minimum Gasteiger partial charge on any atom is -0.357 e. The molecule has 2 saturated carbocycles. The van der Waals surface area contributed by atoms with Crippen LogP contribution in [0.25, 0.3) is 22.1 Å². The highest BCUT2D eigenvalue weighted by atomic mass is 16.2. The summed E-state index contributed by atoms with van der Waals surface area (Å²) in [7, 11) is 0. The molecule has 2 aromatic heterocycles. The van der Waals surface area contributed by atoms with E-state index in [9.17, 15) is 9.59 Å². The zero-order valence-electron chi connectivity index (χ0n) is 40.7. The number of fused-ring (bicyclic) bond motifs is 2. The molecule has 69 heavy (non-hydrogen) atoms. The Hall–Kier alpha value is -6.22. The van der Waals surface area contributed by atoms with Gasteiger partial charge in [-0.3, -0.25) is 9.59 Å². The monoisotopic (exact) mass is 918 g/mol. The van der Waals surface area contributed by atoms with Gasteiger partial charge in [0.15, 0.2) is 0 Å². The van der Waals surface area contributed by atoms with Gasteiger partial charge in [0.05, 0.1) is 57.1 Å². The molecule has 5 aliphatic rings. The number of rotatable bonds is 9. The van der Waals surface area contributed by atoms with Crippen LogP contribution in [0.2, 0.25) is 0 Å². The van der Waals surface area contributed by atoms with Gasteiger partial charge in [-0.25, -0.2) is 9.97 Å². The van der Waals surface area contributed by atoms with Crippen LogP contribution < -0.4 is 4.90 Å². The number of aromatic amines is 2. The SMILES string of the molecule is CC(C)(C)c1ccc(N2[C@@H](c3ccc4nc([C@@H]5CCCN5C(=O)C5(c6ccccc6)CCCC5)[nH]c4c3)CC[C@@H]2c2ccc3nc([C@@H]4CCCN4C(=O)C4(c5ccccc5)CCCC4)[nH]c3c2)cc1. The molecule has 2 amide bonds. The van der Waals surface area contributed by atoms with E-state index in [1.807, 2.05) is 12.1 Å². The molecule has 12 rings (SSSR count). The molecule has 9 heteroatoms. The van der Waals surface area contributed by atoms with Crippen LogP contribution in [-0.4, -0.2) is 54.6 Å². The normalized spacial score (nSPS) is 23.5. The Morgan fingerprint density at radius 2 is 0.957 bits per heavy atom. The summed E-state index contributed by atoms with van der Waals surface area (Å²) >= 11 is 0. The maximum Gasteiger partial charge on any atom is 0.233 e. The Bertz CT molecular complexity index is 2820. The fraction of sp³-hybridized carbons (Fsp3) is 0.433. The summed E-state index contributed by atoms with van der Waals surface area (Å²) in [6.07, 6.45) is 13.8. The van der Waals surface area contributed by atoms with E-state index in [0.29, 0.717) is 0 Å². The van der Waals surface area contributed by atoms with Crippen LogP contribution in [0.1, 0.15) is 174 Å². The molecule has 5 heterocycles. The van der Waals surface area contributed by atoms with Crippen molar-refractivity contribution in [2.45, 2.75) is 151 Å². The van der Waals surface area contributed by atoms with Gasteiger partial charge in [0.25, 0.3) is 0 Å². The van der Waals surface area contributed by atoms with Crippen LogP contribution in [0.15, 0.2) is 121 Å². The van der Waals surface area contributed by atoms with E-state index in [2.05, 4.69) is 155 Å². The number of imidazole rings is 2. The maximum atomic E-state index is 14.7. The Labute approximate surface area is 407 Å². The number of benzene rings is 5. The Balaban J connectivity index is 0.842. The van der Waals surface area contributed by atoms with Gasteiger partial charge in [-0.05, 0) is 134 Å². The van der Waals surface area contributed by atoms with Gasteiger partial charge in [-0.1, -0.05) is 131 Å². The smallest absolute Gasteiger partial charge is 0.233 e. The van der Waals surface area contributed by atoms with E-state index in [-0.39, 0.29) is 41.4 Å². The van der Waals surface area contributed by atoms with E-state index in [4.69, 9.17) is 9.97 Å². The molecule has 9 nitrogen and oxygen atoms in total. The number of carbonyl (C=O) groups excluding carboxylic acids is 2.